The number of halogens is 3. The second-order valence-corrected chi connectivity index (χ2v) is 4.41. The van der Waals surface area contributed by atoms with E-state index in [9.17, 15) is 10.1 Å². The van der Waals surface area contributed by atoms with Crippen molar-refractivity contribution in [3.05, 3.63) is 49.8 Å². The fourth-order valence-electron chi connectivity index (χ4n) is 1.34. The smallest absolute Gasteiger partial charge is 0.258 e. The van der Waals surface area contributed by atoms with E-state index in [2.05, 4.69) is 9.97 Å². The first-order chi connectivity index (χ1) is 8.49. The van der Waals surface area contributed by atoms with Gasteiger partial charge in [0.05, 0.1) is 15.0 Å². The van der Waals surface area contributed by atoms with Gasteiger partial charge in [-0.15, -0.1) is 0 Å². The molecule has 0 saturated heterocycles. The minimum Gasteiger partial charge on any atom is -0.258 e. The highest BCUT2D eigenvalue weighted by atomic mass is 35.5. The number of hydrogen-bond donors (Lipinski definition) is 0. The summed E-state index contributed by atoms with van der Waals surface area (Å²) >= 11 is 17.3. The molecule has 0 fully saturated rings. The molecule has 5 nitrogen and oxygen atoms in total. The maximum atomic E-state index is 10.9. The van der Waals surface area contributed by atoms with Crippen LogP contribution >= 0.6 is 34.8 Å². The summed E-state index contributed by atoms with van der Waals surface area (Å²) in [5, 5.41) is 11.4. The molecule has 0 spiro atoms. The van der Waals surface area contributed by atoms with Gasteiger partial charge >= 0.3 is 5.69 Å². The Kier molecular flexibility index (Phi) is 3.65. The molecule has 0 aliphatic carbocycles. The molecule has 18 heavy (non-hydrogen) atoms. The van der Waals surface area contributed by atoms with E-state index in [0.29, 0.717) is 10.6 Å². The Hall–Kier alpha value is -1.43. The summed E-state index contributed by atoms with van der Waals surface area (Å²) in [5.41, 5.74) is 0.289. The van der Waals surface area contributed by atoms with Gasteiger partial charge in [0.25, 0.3) is 0 Å². The Balaban J connectivity index is 2.65. The summed E-state index contributed by atoms with van der Waals surface area (Å²) in [6, 6.07) is 4.58. The first-order valence-corrected chi connectivity index (χ1v) is 5.75. The normalized spacial score (nSPS) is 10.4. The predicted octanol–water partition coefficient (Wildman–Crippen LogP) is 4.01. The Morgan fingerprint density at radius 2 is 1.89 bits per heavy atom. The van der Waals surface area contributed by atoms with Gasteiger partial charge in [-0.2, -0.15) is 0 Å². The molecule has 0 saturated carbocycles. The number of aromatic nitrogens is 2. The molecule has 0 amide bonds. The van der Waals surface area contributed by atoms with E-state index in [1.54, 1.807) is 6.07 Å². The molecule has 0 radical (unpaired) electrons. The van der Waals surface area contributed by atoms with Crippen molar-refractivity contribution >= 4 is 40.5 Å². The Morgan fingerprint density at radius 3 is 2.50 bits per heavy atom. The average Bonchev–Trinajstić information content (AvgIpc) is 2.32. The zero-order valence-corrected chi connectivity index (χ0v) is 10.9. The molecule has 0 bridgehead atoms. The van der Waals surface area contributed by atoms with Gasteiger partial charge in [0.2, 0.25) is 5.28 Å². The van der Waals surface area contributed by atoms with Gasteiger partial charge in [-0.3, -0.25) is 10.1 Å². The summed E-state index contributed by atoms with van der Waals surface area (Å²) in [7, 11) is 0. The lowest BCUT2D eigenvalue weighted by molar-refractivity contribution is -0.384. The number of hydrogen-bond acceptors (Lipinski definition) is 4. The van der Waals surface area contributed by atoms with Gasteiger partial charge in [-0.25, -0.2) is 9.97 Å². The summed E-state index contributed by atoms with van der Waals surface area (Å²) in [6.07, 6.45) is 1.05. The highest BCUT2D eigenvalue weighted by molar-refractivity contribution is 6.42. The van der Waals surface area contributed by atoms with E-state index in [1.165, 1.54) is 12.1 Å². The first kappa shape index (κ1) is 13.0. The van der Waals surface area contributed by atoms with Crippen molar-refractivity contribution in [2.75, 3.05) is 0 Å². The highest BCUT2D eigenvalue weighted by Gasteiger charge is 2.19. The minimum atomic E-state index is -0.589. The van der Waals surface area contributed by atoms with E-state index in [1.807, 2.05) is 0 Å². The molecule has 0 unspecified atom stereocenters. The van der Waals surface area contributed by atoms with Gasteiger partial charge in [0.15, 0.2) is 5.69 Å². The van der Waals surface area contributed by atoms with Crippen LogP contribution in [0.4, 0.5) is 5.69 Å². The zero-order valence-electron chi connectivity index (χ0n) is 8.60. The lowest BCUT2D eigenvalue weighted by Gasteiger charge is -2.03. The lowest BCUT2D eigenvalue weighted by Crippen LogP contribution is -1.97. The Labute approximate surface area is 116 Å². The van der Waals surface area contributed by atoms with Crippen LogP contribution in [0.15, 0.2) is 24.4 Å². The molecular formula is C10H4Cl3N3O2. The number of nitrogens with zero attached hydrogens (tertiary/aromatic N) is 3. The van der Waals surface area contributed by atoms with Crippen molar-refractivity contribution in [3.8, 4) is 11.3 Å². The maximum Gasteiger partial charge on any atom is 0.313 e. The number of rotatable bonds is 2. The van der Waals surface area contributed by atoms with E-state index in [0.717, 1.165) is 6.20 Å². The van der Waals surface area contributed by atoms with E-state index in [4.69, 9.17) is 34.8 Å². The molecule has 0 atom stereocenters. The standard InChI is InChI=1S/C10H4Cl3N3O2/c11-6-2-1-5(3-7(6)12)9-8(16(17)18)4-14-10(13)15-9/h1-4H. The molecule has 2 rings (SSSR count). The molecule has 92 valence electrons. The molecule has 8 heteroatoms. The second kappa shape index (κ2) is 5.06. The van der Waals surface area contributed by atoms with Crippen LogP contribution in [0.2, 0.25) is 15.3 Å². The van der Waals surface area contributed by atoms with Crippen LogP contribution in [0.5, 0.6) is 0 Å². The molecule has 0 aliphatic heterocycles. The lowest BCUT2D eigenvalue weighted by atomic mass is 10.1. The van der Waals surface area contributed by atoms with Crippen molar-refractivity contribution in [1.29, 1.82) is 0 Å². The maximum absolute atomic E-state index is 10.9. The molecule has 0 N–H and O–H groups in total. The fraction of sp³-hybridized carbons (Fsp3) is 0. The first-order valence-electron chi connectivity index (χ1n) is 4.61. The topological polar surface area (TPSA) is 68.9 Å². The molecule has 1 aromatic heterocycles. The van der Waals surface area contributed by atoms with E-state index in [-0.39, 0.29) is 21.7 Å². The van der Waals surface area contributed by atoms with Crippen molar-refractivity contribution < 1.29 is 4.92 Å². The van der Waals surface area contributed by atoms with Gasteiger partial charge in [0.1, 0.15) is 6.20 Å². The van der Waals surface area contributed by atoms with Crippen molar-refractivity contribution in [1.82, 2.24) is 9.97 Å². The minimum absolute atomic E-state index is 0.0818. The number of nitro groups is 1. The molecule has 1 aromatic carbocycles. The van der Waals surface area contributed by atoms with Crippen LogP contribution in [0.25, 0.3) is 11.3 Å². The third kappa shape index (κ3) is 2.53. The summed E-state index contributed by atoms with van der Waals surface area (Å²) in [4.78, 5) is 17.7. The third-order valence-electron chi connectivity index (χ3n) is 2.13. The van der Waals surface area contributed by atoms with Gasteiger partial charge in [-0.1, -0.05) is 29.3 Å². The van der Waals surface area contributed by atoms with Crippen molar-refractivity contribution in [2.24, 2.45) is 0 Å². The van der Waals surface area contributed by atoms with E-state index >= 15 is 0 Å². The largest absolute Gasteiger partial charge is 0.313 e. The summed E-state index contributed by atoms with van der Waals surface area (Å²) < 4.78 is 0. The van der Waals surface area contributed by atoms with Crippen LogP contribution < -0.4 is 0 Å². The Morgan fingerprint density at radius 1 is 1.17 bits per heavy atom. The molecule has 0 aliphatic rings. The number of benzene rings is 1. The van der Waals surface area contributed by atoms with Gasteiger partial charge in [0, 0.05) is 5.56 Å². The van der Waals surface area contributed by atoms with Crippen LogP contribution in [0.3, 0.4) is 0 Å². The molecular weight excluding hydrogens is 300 g/mol. The SMILES string of the molecule is O=[N+]([O-])c1cnc(Cl)nc1-c1ccc(Cl)c(Cl)c1. The molecule has 2 aromatic rings. The fourth-order valence-corrected chi connectivity index (χ4v) is 1.77. The monoisotopic (exact) mass is 303 g/mol. The van der Waals surface area contributed by atoms with Crippen LogP contribution in [-0.4, -0.2) is 14.9 Å². The van der Waals surface area contributed by atoms with Crippen LogP contribution in [0, 0.1) is 10.1 Å². The van der Waals surface area contributed by atoms with Crippen LogP contribution in [-0.2, 0) is 0 Å². The average molecular weight is 305 g/mol. The van der Waals surface area contributed by atoms with Crippen molar-refractivity contribution in [2.45, 2.75) is 0 Å². The van der Waals surface area contributed by atoms with Crippen LogP contribution in [0.1, 0.15) is 0 Å². The zero-order chi connectivity index (χ0) is 13.3. The highest BCUT2D eigenvalue weighted by Crippen LogP contribution is 2.32. The summed E-state index contributed by atoms with van der Waals surface area (Å²) in [6.45, 7) is 0. The second-order valence-electron chi connectivity index (χ2n) is 3.26. The predicted molar refractivity (Wildman–Crippen MR) is 69.2 cm³/mol. The molecule has 1 heterocycles. The summed E-state index contributed by atoms with van der Waals surface area (Å²) in [5.74, 6) is 0. The van der Waals surface area contributed by atoms with Gasteiger partial charge < -0.3 is 0 Å². The Bertz CT molecular complexity index is 634. The van der Waals surface area contributed by atoms with E-state index < -0.39 is 4.92 Å². The quantitative estimate of drug-likeness (QED) is 0.477. The van der Waals surface area contributed by atoms with Crippen molar-refractivity contribution in [3.63, 3.8) is 0 Å². The third-order valence-corrected chi connectivity index (χ3v) is 3.05. The van der Waals surface area contributed by atoms with Gasteiger partial charge in [-0.05, 0) is 23.7 Å².